The van der Waals surface area contributed by atoms with E-state index in [1.165, 1.54) is 11.6 Å². The molecule has 2 rings (SSSR count). The smallest absolute Gasteiger partial charge is 0.129 e. The molecule has 0 aliphatic heterocycles. The van der Waals surface area contributed by atoms with Gasteiger partial charge in [0, 0.05) is 10.0 Å². The molecular weight excluding hydrogens is 329 g/mol. The van der Waals surface area contributed by atoms with Gasteiger partial charge in [0.2, 0.25) is 0 Å². The van der Waals surface area contributed by atoms with Gasteiger partial charge >= 0.3 is 0 Å². The van der Waals surface area contributed by atoms with Crippen molar-refractivity contribution in [1.29, 1.82) is 0 Å². The van der Waals surface area contributed by atoms with E-state index in [1.54, 1.807) is 6.07 Å². The SMILES string of the molecule is CCNC(c1ccc(C(C)C)cc1)c1c(F)cccc1Br. The van der Waals surface area contributed by atoms with Gasteiger partial charge in [-0.3, -0.25) is 0 Å². The van der Waals surface area contributed by atoms with Gasteiger partial charge in [-0.25, -0.2) is 4.39 Å². The molecule has 0 aromatic heterocycles. The normalized spacial score (nSPS) is 12.7. The first kappa shape index (κ1) is 16.2. The fourth-order valence-electron chi connectivity index (χ4n) is 2.45. The maximum absolute atomic E-state index is 14.2. The molecule has 1 atom stereocenters. The Bertz CT molecular complexity index is 572. The van der Waals surface area contributed by atoms with Gasteiger partial charge in [-0.1, -0.05) is 67.0 Å². The highest BCUT2D eigenvalue weighted by Gasteiger charge is 2.19. The molecule has 1 unspecified atom stereocenters. The van der Waals surface area contributed by atoms with Crippen molar-refractivity contribution >= 4 is 15.9 Å². The number of hydrogen-bond acceptors (Lipinski definition) is 1. The third-order valence-electron chi connectivity index (χ3n) is 3.63. The molecule has 0 saturated heterocycles. The fraction of sp³-hybridized carbons (Fsp3) is 0.333. The first-order chi connectivity index (χ1) is 10.0. The van der Waals surface area contributed by atoms with Crippen molar-refractivity contribution in [3.8, 4) is 0 Å². The minimum Gasteiger partial charge on any atom is -0.306 e. The molecule has 0 heterocycles. The van der Waals surface area contributed by atoms with Crippen molar-refractivity contribution in [1.82, 2.24) is 5.32 Å². The van der Waals surface area contributed by atoms with E-state index in [1.807, 2.05) is 13.0 Å². The van der Waals surface area contributed by atoms with Gasteiger partial charge < -0.3 is 5.32 Å². The van der Waals surface area contributed by atoms with Crippen LogP contribution in [0.25, 0.3) is 0 Å². The quantitative estimate of drug-likeness (QED) is 0.760. The summed E-state index contributed by atoms with van der Waals surface area (Å²) in [5, 5.41) is 3.38. The van der Waals surface area contributed by atoms with E-state index in [0.717, 1.165) is 16.6 Å². The van der Waals surface area contributed by atoms with Crippen molar-refractivity contribution in [2.75, 3.05) is 6.54 Å². The largest absolute Gasteiger partial charge is 0.306 e. The summed E-state index contributed by atoms with van der Waals surface area (Å²) in [7, 11) is 0. The Labute approximate surface area is 134 Å². The first-order valence-corrected chi connectivity index (χ1v) is 8.11. The number of benzene rings is 2. The third kappa shape index (κ3) is 3.72. The van der Waals surface area contributed by atoms with E-state index >= 15 is 0 Å². The lowest BCUT2D eigenvalue weighted by molar-refractivity contribution is 0.556. The number of hydrogen-bond donors (Lipinski definition) is 1. The summed E-state index contributed by atoms with van der Waals surface area (Å²) in [6, 6.07) is 13.4. The van der Waals surface area contributed by atoms with Crippen LogP contribution in [0, 0.1) is 5.82 Å². The topological polar surface area (TPSA) is 12.0 Å². The maximum atomic E-state index is 14.2. The number of rotatable bonds is 5. The lowest BCUT2D eigenvalue weighted by Gasteiger charge is -2.21. The number of nitrogens with one attached hydrogen (secondary N) is 1. The van der Waals surface area contributed by atoms with Crippen LogP contribution in [-0.4, -0.2) is 6.54 Å². The molecule has 3 heteroatoms. The van der Waals surface area contributed by atoms with E-state index in [4.69, 9.17) is 0 Å². The van der Waals surface area contributed by atoms with Crippen molar-refractivity contribution < 1.29 is 4.39 Å². The van der Waals surface area contributed by atoms with Gasteiger partial charge in [-0.2, -0.15) is 0 Å². The standard InChI is InChI=1S/C18H21BrFN/c1-4-21-18(17-15(19)6-5-7-16(17)20)14-10-8-13(9-11-14)12(2)3/h5-12,18,21H,4H2,1-3H3. The molecular formula is C18H21BrFN. The lowest BCUT2D eigenvalue weighted by Crippen LogP contribution is -2.23. The second-order valence-electron chi connectivity index (χ2n) is 5.45. The van der Waals surface area contributed by atoms with Crippen LogP contribution in [0.15, 0.2) is 46.9 Å². The minimum absolute atomic E-state index is 0.146. The molecule has 0 bridgehead atoms. The monoisotopic (exact) mass is 349 g/mol. The molecule has 0 amide bonds. The Hall–Kier alpha value is -1.19. The summed E-state index contributed by atoms with van der Waals surface area (Å²) < 4.78 is 15.0. The van der Waals surface area contributed by atoms with Crippen LogP contribution >= 0.6 is 15.9 Å². The average Bonchev–Trinajstić information content (AvgIpc) is 2.46. The van der Waals surface area contributed by atoms with Crippen LogP contribution in [0.1, 0.15) is 49.4 Å². The number of halogens is 2. The Morgan fingerprint density at radius 2 is 1.67 bits per heavy atom. The lowest BCUT2D eigenvalue weighted by atomic mass is 9.95. The highest BCUT2D eigenvalue weighted by Crippen LogP contribution is 2.31. The second kappa shape index (κ2) is 7.19. The molecule has 2 aromatic rings. The first-order valence-electron chi connectivity index (χ1n) is 7.31. The summed E-state index contributed by atoms with van der Waals surface area (Å²) in [5.41, 5.74) is 3.03. The summed E-state index contributed by atoms with van der Waals surface area (Å²) in [6.45, 7) is 7.15. The third-order valence-corrected chi connectivity index (χ3v) is 4.32. The minimum atomic E-state index is -0.191. The zero-order valence-electron chi connectivity index (χ0n) is 12.7. The van der Waals surface area contributed by atoms with Crippen molar-refractivity contribution in [3.05, 3.63) is 69.4 Å². The molecule has 21 heavy (non-hydrogen) atoms. The molecule has 112 valence electrons. The van der Waals surface area contributed by atoms with Crippen LogP contribution in [0.3, 0.4) is 0 Å². The van der Waals surface area contributed by atoms with Crippen LogP contribution in [0.2, 0.25) is 0 Å². The highest BCUT2D eigenvalue weighted by molar-refractivity contribution is 9.10. The van der Waals surface area contributed by atoms with E-state index in [-0.39, 0.29) is 11.9 Å². The van der Waals surface area contributed by atoms with Gasteiger partial charge in [-0.15, -0.1) is 0 Å². The summed E-state index contributed by atoms with van der Waals surface area (Å²) in [5.74, 6) is 0.306. The Balaban J connectivity index is 2.43. The van der Waals surface area contributed by atoms with E-state index in [0.29, 0.717) is 11.5 Å². The van der Waals surface area contributed by atoms with E-state index < -0.39 is 0 Å². The Morgan fingerprint density at radius 3 is 2.19 bits per heavy atom. The van der Waals surface area contributed by atoms with Gasteiger partial charge in [0.25, 0.3) is 0 Å². The molecule has 0 saturated carbocycles. The van der Waals surface area contributed by atoms with Crippen LogP contribution < -0.4 is 5.32 Å². The predicted octanol–water partition coefficient (Wildman–Crippen LogP) is 5.41. The summed E-state index contributed by atoms with van der Waals surface area (Å²) in [6.07, 6.45) is 0. The Morgan fingerprint density at radius 1 is 1.05 bits per heavy atom. The molecule has 0 radical (unpaired) electrons. The van der Waals surface area contributed by atoms with E-state index in [2.05, 4.69) is 59.4 Å². The van der Waals surface area contributed by atoms with Crippen molar-refractivity contribution in [2.24, 2.45) is 0 Å². The molecule has 0 aliphatic carbocycles. The van der Waals surface area contributed by atoms with Gasteiger partial charge in [0.15, 0.2) is 0 Å². The molecule has 0 fully saturated rings. The average molecular weight is 350 g/mol. The zero-order chi connectivity index (χ0) is 15.4. The van der Waals surface area contributed by atoms with Crippen LogP contribution in [0.4, 0.5) is 4.39 Å². The molecule has 0 aliphatic rings. The highest BCUT2D eigenvalue weighted by atomic mass is 79.9. The van der Waals surface area contributed by atoms with Crippen molar-refractivity contribution in [2.45, 2.75) is 32.7 Å². The summed E-state index contributed by atoms with van der Waals surface area (Å²) >= 11 is 3.47. The molecule has 0 spiro atoms. The van der Waals surface area contributed by atoms with Gasteiger partial charge in [0.1, 0.15) is 5.82 Å². The molecule has 2 aromatic carbocycles. The van der Waals surface area contributed by atoms with E-state index in [9.17, 15) is 4.39 Å². The van der Waals surface area contributed by atoms with Gasteiger partial charge in [-0.05, 0) is 35.7 Å². The Kier molecular flexibility index (Phi) is 5.54. The van der Waals surface area contributed by atoms with Crippen LogP contribution in [0.5, 0.6) is 0 Å². The second-order valence-corrected chi connectivity index (χ2v) is 6.30. The molecule has 1 nitrogen and oxygen atoms in total. The fourth-order valence-corrected chi connectivity index (χ4v) is 3.02. The van der Waals surface area contributed by atoms with Gasteiger partial charge in [0.05, 0.1) is 6.04 Å². The maximum Gasteiger partial charge on any atom is 0.129 e. The predicted molar refractivity (Wildman–Crippen MR) is 90.2 cm³/mol. The zero-order valence-corrected chi connectivity index (χ0v) is 14.2. The van der Waals surface area contributed by atoms with Crippen molar-refractivity contribution in [3.63, 3.8) is 0 Å². The molecule has 1 N–H and O–H groups in total. The van der Waals surface area contributed by atoms with Crippen LogP contribution in [-0.2, 0) is 0 Å². The summed E-state index contributed by atoms with van der Waals surface area (Å²) in [4.78, 5) is 0.